The smallest absolute Gasteiger partial charge is 0.0876 e. The second kappa shape index (κ2) is 4.40. The molecule has 1 aromatic carbocycles. The van der Waals surface area contributed by atoms with Gasteiger partial charge in [0.25, 0.3) is 0 Å². The van der Waals surface area contributed by atoms with Gasteiger partial charge in [-0.3, -0.25) is 0 Å². The summed E-state index contributed by atoms with van der Waals surface area (Å²) in [5.74, 6) is 0. The van der Waals surface area contributed by atoms with Crippen LogP contribution in [0.5, 0.6) is 0 Å². The van der Waals surface area contributed by atoms with E-state index in [-0.39, 0.29) is 12.2 Å². The van der Waals surface area contributed by atoms with Crippen molar-refractivity contribution in [1.29, 1.82) is 0 Å². The molecule has 0 aliphatic rings. The molecule has 0 aromatic heterocycles. The van der Waals surface area contributed by atoms with Crippen LogP contribution in [0.4, 0.5) is 0 Å². The number of benzene rings is 1. The van der Waals surface area contributed by atoms with Crippen LogP contribution in [0.1, 0.15) is 19.4 Å². The number of rotatable bonds is 4. The minimum absolute atomic E-state index is 0.0657. The fourth-order valence-electron chi connectivity index (χ4n) is 1.22. The summed E-state index contributed by atoms with van der Waals surface area (Å²) in [4.78, 5) is 0. The van der Waals surface area contributed by atoms with Gasteiger partial charge in [0.2, 0.25) is 0 Å². The Balaban J connectivity index is 2.69. The van der Waals surface area contributed by atoms with Crippen molar-refractivity contribution in [3.63, 3.8) is 0 Å². The van der Waals surface area contributed by atoms with E-state index in [2.05, 4.69) is 0 Å². The fourth-order valence-corrected chi connectivity index (χ4v) is 1.22. The van der Waals surface area contributed by atoms with Gasteiger partial charge in [0.15, 0.2) is 0 Å². The highest BCUT2D eigenvalue weighted by Gasteiger charge is 2.19. The lowest BCUT2D eigenvalue weighted by molar-refractivity contribution is -0.0369. The Hall–Kier alpha value is -0.860. The number of hydrogen-bond donors (Lipinski definition) is 1. The largest absolute Gasteiger partial charge is 0.394 e. The molecule has 0 radical (unpaired) electrons. The first-order valence-electron chi connectivity index (χ1n) is 4.47. The van der Waals surface area contributed by atoms with Gasteiger partial charge in [-0.1, -0.05) is 30.3 Å². The summed E-state index contributed by atoms with van der Waals surface area (Å²) >= 11 is 0. The molecular weight excluding hydrogens is 164 g/mol. The maximum Gasteiger partial charge on any atom is 0.0876 e. The summed E-state index contributed by atoms with van der Waals surface area (Å²) in [7, 11) is 0. The second-order valence-electron chi connectivity index (χ2n) is 3.45. The predicted molar refractivity (Wildman–Crippen MR) is 52.5 cm³/mol. The van der Waals surface area contributed by atoms with E-state index in [1.54, 1.807) is 0 Å². The average Bonchev–Trinajstić information content (AvgIpc) is 2.16. The Bertz CT molecular complexity index is 242. The molecule has 2 heteroatoms. The van der Waals surface area contributed by atoms with Crippen LogP contribution in [0.2, 0.25) is 0 Å². The lowest BCUT2D eigenvalue weighted by atomic mass is 9.98. The summed E-state index contributed by atoms with van der Waals surface area (Å²) in [6.07, 6.45) is 0. The van der Waals surface area contributed by atoms with Crippen LogP contribution in [0.15, 0.2) is 30.3 Å². The standard InChI is InChI=1S/C11H16O2/c1-11(2,13-9-8-12)10-6-4-3-5-7-10/h3-7,12H,8-9H2,1-2H3. The molecule has 2 nitrogen and oxygen atoms in total. The molecule has 0 heterocycles. The molecule has 1 N–H and O–H groups in total. The van der Waals surface area contributed by atoms with Crippen molar-refractivity contribution in [2.75, 3.05) is 13.2 Å². The first kappa shape index (κ1) is 10.2. The van der Waals surface area contributed by atoms with E-state index in [1.807, 2.05) is 44.2 Å². The Labute approximate surface area is 79.2 Å². The molecule has 0 atom stereocenters. The van der Waals surface area contributed by atoms with E-state index >= 15 is 0 Å². The van der Waals surface area contributed by atoms with E-state index < -0.39 is 0 Å². The molecule has 0 saturated carbocycles. The first-order chi connectivity index (χ1) is 6.17. The van der Waals surface area contributed by atoms with Crippen LogP contribution in [0.25, 0.3) is 0 Å². The molecule has 0 aliphatic carbocycles. The zero-order valence-electron chi connectivity index (χ0n) is 8.16. The highest BCUT2D eigenvalue weighted by molar-refractivity contribution is 5.20. The van der Waals surface area contributed by atoms with Gasteiger partial charge in [0.1, 0.15) is 0 Å². The zero-order chi connectivity index (χ0) is 9.73. The van der Waals surface area contributed by atoms with E-state index in [4.69, 9.17) is 9.84 Å². The lowest BCUT2D eigenvalue weighted by Crippen LogP contribution is -2.23. The Morgan fingerprint density at radius 1 is 1.23 bits per heavy atom. The van der Waals surface area contributed by atoms with Gasteiger partial charge in [-0.25, -0.2) is 0 Å². The van der Waals surface area contributed by atoms with Gasteiger partial charge in [0.05, 0.1) is 18.8 Å². The van der Waals surface area contributed by atoms with Crippen molar-refractivity contribution in [1.82, 2.24) is 0 Å². The molecule has 0 bridgehead atoms. The van der Waals surface area contributed by atoms with E-state index in [0.29, 0.717) is 6.61 Å². The third-order valence-electron chi connectivity index (χ3n) is 2.02. The van der Waals surface area contributed by atoms with Crippen molar-refractivity contribution in [2.45, 2.75) is 19.4 Å². The molecule has 0 aliphatic heterocycles. The van der Waals surface area contributed by atoms with Gasteiger partial charge in [-0.15, -0.1) is 0 Å². The van der Waals surface area contributed by atoms with Gasteiger partial charge in [-0.2, -0.15) is 0 Å². The minimum atomic E-state index is -0.315. The van der Waals surface area contributed by atoms with Crippen LogP contribution >= 0.6 is 0 Å². The van der Waals surface area contributed by atoms with Gasteiger partial charge < -0.3 is 9.84 Å². The first-order valence-corrected chi connectivity index (χ1v) is 4.47. The average molecular weight is 180 g/mol. The van der Waals surface area contributed by atoms with Crippen LogP contribution in [0.3, 0.4) is 0 Å². The number of aliphatic hydroxyl groups is 1. The Morgan fingerprint density at radius 3 is 2.38 bits per heavy atom. The molecule has 0 amide bonds. The molecule has 1 rings (SSSR count). The topological polar surface area (TPSA) is 29.5 Å². The zero-order valence-corrected chi connectivity index (χ0v) is 8.16. The van der Waals surface area contributed by atoms with Gasteiger partial charge in [0, 0.05) is 0 Å². The van der Waals surface area contributed by atoms with E-state index in [1.165, 1.54) is 0 Å². The highest BCUT2D eigenvalue weighted by atomic mass is 16.5. The Morgan fingerprint density at radius 2 is 1.85 bits per heavy atom. The SMILES string of the molecule is CC(C)(OCCO)c1ccccc1. The molecule has 1 aromatic rings. The monoisotopic (exact) mass is 180 g/mol. The normalized spacial score (nSPS) is 11.6. The van der Waals surface area contributed by atoms with Crippen molar-refractivity contribution in [3.05, 3.63) is 35.9 Å². The van der Waals surface area contributed by atoms with Crippen LogP contribution in [0, 0.1) is 0 Å². The summed E-state index contributed by atoms with van der Waals surface area (Å²) in [5.41, 5.74) is 0.813. The second-order valence-corrected chi connectivity index (χ2v) is 3.45. The van der Waals surface area contributed by atoms with Crippen LogP contribution in [-0.2, 0) is 10.3 Å². The summed E-state index contributed by atoms with van der Waals surface area (Å²) in [5, 5.41) is 8.65. The molecular formula is C11H16O2. The summed E-state index contributed by atoms with van der Waals surface area (Å²) in [6.45, 7) is 4.44. The highest BCUT2D eigenvalue weighted by Crippen LogP contribution is 2.23. The van der Waals surface area contributed by atoms with Crippen molar-refractivity contribution in [2.24, 2.45) is 0 Å². The Kier molecular flexibility index (Phi) is 3.46. The number of ether oxygens (including phenoxy) is 1. The van der Waals surface area contributed by atoms with Gasteiger partial charge in [-0.05, 0) is 19.4 Å². The van der Waals surface area contributed by atoms with E-state index in [0.717, 1.165) is 5.56 Å². The van der Waals surface area contributed by atoms with Crippen molar-refractivity contribution in [3.8, 4) is 0 Å². The maximum atomic E-state index is 8.65. The molecule has 0 fully saturated rings. The maximum absolute atomic E-state index is 8.65. The summed E-state index contributed by atoms with van der Waals surface area (Å²) in [6, 6.07) is 10.00. The van der Waals surface area contributed by atoms with Crippen LogP contribution < -0.4 is 0 Å². The lowest BCUT2D eigenvalue weighted by Gasteiger charge is -2.25. The van der Waals surface area contributed by atoms with E-state index in [9.17, 15) is 0 Å². The predicted octanol–water partition coefficient (Wildman–Crippen LogP) is 1.93. The van der Waals surface area contributed by atoms with Crippen LogP contribution in [-0.4, -0.2) is 18.3 Å². The minimum Gasteiger partial charge on any atom is -0.394 e. The molecule has 0 saturated heterocycles. The van der Waals surface area contributed by atoms with Gasteiger partial charge >= 0.3 is 0 Å². The number of aliphatic hydroxyl groups excluding tert-OH is 1. The third-order valence-corrected chi connectivity index (χ3v) is 2.02. The fraction of sp³-hybridized carbons (Fsp3) is 0.455. The molecule has 13 heavy (non-hydrogen) atoms. The van der Waals surface area contributed by atoms with Crippen molar-refractivity contribution >= 4 is 0 Å². The third kappa shape index (κ3) is 2.83. The molecule has 0 unspecified atom stereocenters. The quantitative estimate of drug-likeness (QED) is 0.767. The molecule has 0 spiro atoms. The summed E-state index contributed by atoms with van der Waals surface area (Å²) < 4.78 is 5.51. The molecule has 72 valence electrons. The van der Waals surface area contributed by atoms with Crippen molar-refractivity contribution < 1.29 is 9.84 Å². The number of hydrogen-bond acceptors (Lipinski definition) is 2.